The fraction of sp³-hybridized carbons (Fsp3) is 0.933. The number of nitrogens with zero attached hydrogens (tertiary/aromatic N) is 4. The molecule has 2 atom stereocenters. The summed E-state index contributed by atoms with van der Waals surface area (Å²) in [5, 5.41) is 3.21. The number of hydrogen-bond donors (Lipinski definition) is 0. The summed E-state index contributed by atoms with van der Waals surface area (Å²) in [5.41, 5.74) is 0. The molecule has 0 N–H and O–H groups in total. The summed E-state index contributed by atoms with van der Waals surface area (Å²) in [5.74, 6) is -0.308. The lowest BCUT2D eigenvalue weighted by Gasteiger charge is -2.36. The van der Waals surface area contributed by atoms with E-state index in [0.29, 0.717) is 65.2 Å². The van der Waals surface area contributed by atoms with Crippen LogP contribution < -0.4 is 0 Å². The highest BCUT2D eigenvalue weighted by molar-refractivity contribution is 14.1. The lowest BCUT2D eigenvalue weighted by atomic mass is 10.1. The lowest BCUT2D eigenvalue weighted by molar-refractivity contribution is -1.47. The van der Waals surface area contributed by atoms with Crippen molar-refractivity contribution in [1.82, 2.24) is 10.3 Å². The van der Waals surface area contributed by atoms with Gasteiger partial charge < -0.3 is 18.9 Å². The summed E-state index contributed by atoms with van der Waals surface area (Å²) in [4.78, 5) is 68.2. The van der Waals surface area contributed by atoms with Crippen LogP contribution in [-0.2, 0) is 56.1 Å². The van der Waals surface area contributed by atoms with Crippen molar-refractivity contribution in [3.05, 3.63) is 0 Å². The molecule has 0 saturated carbocycles. The third kappa shape index (κ3) is 49.6. The van der Waals surface area contributed by atoms with Crippen molar-refractivity contribution >= 4 is 69.5 Å². The van der Waals surface area contributed by atoms with Crippen LogP contribution in [0.3, 0.4) is 0 Å². The molecular formula is C60H116I2N4O12+2. The average Bonchev–Trinajstić information content (AvgIpc) is 3.42. The maximum atomic E-state index is 12.4. The molecule has 0 aromatic heterocycles. The number of alkyl halides is 1. The zero-order valence-corrected chi connectivity index (χ0v) is 54.5. The molecule has 0 bridgehead atoms. The second kappa shape index (κ2) is 54.0. The van der Waals surface area contributed by atoms with Crippen LogP contribution in [0.5, 0.6) is 0 Å². The largest absolute Gasteiger partial charge is 0.466 e. The van der Waals surface area contributed by atoms with Crippen molar-refractivity contribution in [2.24, 2.45) is 0 Å². The smallest absolute Gasteiger partial charge is 0.305 e. The van der Waals surface area contributed by atoms with Crippen molar-refractivity contribution < 1.29 is 65.7 Å². The van der Waals surface area contributed by atoms with Gasteiger partial charge in [0.25, 0.3) is 0 Å². The average molecular weight is 1340 g/mol. The number of hydroxylamine groups is 12. The molecule has 1 fully saturated rings. The van der Waals surface area contributed by atoms with Crippen LogP contribution >= 0.6 is 45.6 Å². The molecule has 78 heavy (non-hydrogen) atoms. The minimum atomic E-state index is -0.190. The number of rotatable bonds is 33. The van der Waals surface area contributed by atoms with Crippen LogP contribution in [0, 0.1) is 0 Å². The zero-order chi connectivity index (χ0) is 56.9. The van der Waals surface area contributed by atoms with Gasteiger partial charge in [0.1, 0.15) is 37.1 Å². The van der Waals surface area contributed by atoms with Crippen LogP contribution in [-0.4, -0.2) is 122 Å². The minimum Gasteiger partial charge on any atom is -0.466 e. The number of unbranched alkanes of at least 4 members (excludes halogenated alkanes) is 17. The Morgan fingerprint density at radius 1 is 0.551 bits per heavy atom. The first-order chi connectivity index (χ1) is 37.9. The molecule has 1 saturated heterocycles. The number of carbonyl (C=O) groups excluding carboxylic acids is 4. The van der Waals surface area contributed by atoms with Crippen molar-refractivity contribution in [3.63, 3.8) is 0 Å². The van der Waals surface area contributed by atoms with Gasteiger partial charge in [-0.05, 0) is 86.4 Å². The summed E-state index contributed by atoms with van der Waals surface area (Å²) in [6.07, 6.45) is 44.4. The molecule has 1 heterocycles. The molecule has 1 aliphatic rings. The van der Waals surface area contributed by atoms with Crippen LogP contribution in [0.4, 0.5) is 0 Å². The summed E-state index contributed by atoms with van der Waals surface area (Å²) in [7, 11) is 7.56. The van der Waals surface area contributed by atoms with E-state index in [-0.39, 0.29) is 33.5 Å². The third-order valence-electron chi connectivity index (χ3n) is 14.4. The normalized spacial score (nSPS) is 19.8. The highest BCUT2D eigenvalue weighted by atomic mass is 127. The van der Waals surface area contributed by atoms with Gasteiger partial charge in [-0.3, -0.25) is 19.2 Å². The SMILES string of the molecule is CN1CCCCCCCCCC(=O)OCCCCCCCCOC(=O)CCCCCCCCC[N+](C)(O[N+](C)(CCCCCCCCCC(=O)OCCCCCCCCOC(=O)CCCCCCCCCI)ON(C)OI)O1. The number of ether oxygens (including phenoxy) is 4. The maximum absolute atomic E-state index is 12.4. The Morgan fingerprint density at radius 3 is 1.40 bits per heavy atom. The number of quaternary nitrogens is 2. The maximum Gasteiger partial charge on any atom is 0.305 e. The van der Waals surface area contributed by atoms with Crippen molar-refractivity contribution in [3.8, 4) is 0 Å². The first-order valence-corrected chi connectivity index (χ1v) is 34.0. The van der Waals surface area contributed by atoms with Crippen LogP contribution in [0.15, 0.2) is 0 Å². The van der Waals surface area contributed by atoms with Gasteiger partial charge >= 0.3 is 23.9 Å². The molecule has 0 radical (unpaired) electrons. The summed E-state index contributed by atoms with van der Waals surface area (Å²) in [6.45, 7) is 4.01. The molecule has 0 aromatic carbocycles. The second-order valence-corrected chi connectivity index (χ2v) is 23.8. The quantitative estimate of drug-likeness (QED) is 0.0117. The Morgan fingerprint density at radius 2 is 0.936 bits per heavy atom. The Balaban J connectivity index is 2.46. The zero-order valence-electron chi connectivity index (χ0n) is 50.2. The first kappa shape index (κ1) is 75.0. The van der Waals surface area contributed by atoms with Crippen LogP contribution in [0.1, 0.15) is 283 Å². The molecular weight excluding hydrogens is 1220 g/mol. The van der Waals surface area contributed by atoms with Gasteiger partial charge in [-0.2, -0.15) is 3.17 Å². The highest BCUT2D eigenvalue weighted by Gasteiger charge is 2.44. The molecule has 16 nitrogen and oxygen atoms in total. The Bertz CT molecular complexity index is 1430. The van der Waals surface area contributed by atoms with E-state index in [1.165, 1.54) is 41.8 Å². The van der Waals surface area contributed by atoms with E-state index in [1.807, 2.05) is 49.2 Å². The Labute approximate surface area is 503 Å². The molecule has 0 spiro atoms. The number of halogens is 2. The molecule has 1 rings (SSSR count). The summed E-state index contributed by atoms with van der Waals surface area (Å²) in [6, 6.07) is 0. The van der Waals surface area contributed by atoms with Gasteiger partial charge in [0.05, 0.1) is 31.4 Å². The third-order valence-corrected chi connectivity index (χ3v) is 15.7. The summed E-state index contributed by atoms with van der Waals surface area (Å²) >= 11 is 4.25. The van der Waals surface area contributed by atoms with Gasteiger partial charge in [-0.1, -0.05) is 194 Å². The predicted octanol–water partition coefficient (Wildman–Crippen LogP) is 16.4. The van der Waals surface area contributed by atoms with E-state index in [0.717, 1.165) is 231 Å². The van der Waals surface area contributed by atoms with Crippen LogP contribution in [0.2, 0.25) is 0 Å². The second-order valence-electron chi connectivity index (χ2n) is 22.3. The number of esters is 4. The topological polar surface area (TPSA) is 149 Å². The predicted molar refractivity (Wildman–Crippen MR) is 327 cm³/mol. The van der Waals surface area contributed by atoms with Gasteiger partial charge in [-0.25, -0.2) is 0 Å². The van der Waals surface area contributed by atoms with Gasteiger partial charge in [-0.15, -0.1) is 5.06 Å². The van der Waals surface area contributed by atoms with Crippen LogP contribution in [0.25, 0.3) is 0 Å². The van der Waals surface area contributed by atoms with Gasteiger partial charge in [0.15, 0.2) is 13.1 Å². The standard InChI is InChI=1S/C60H116I2N4O12/c1-63-50-38-26-14-6-10-22-34-46-58(68)72-54-42-30-18-20-32-43-55-73-59(69)47-35-23-11-7-15-27-39-51-65(3,76-63)78-66(4,77-64(2)75-62)52-40-28-16-8-12-24-36-48-60(70)74-56-44-31-19-17-29-41-53-71-57(67)45-33-21-9-5-13-25-37-49-61/h5-56H2,1-4H3/q+2. The fourth-order valence-corrected chi connectivity index (χ4v) is 10.5. The van der Waals surface area contributed by atoms with E-state index < -0.39 is 0 Å². The van der Waals surface area contributed by atoms with E-state index in [2.05, 4.69) is 22.6 Å². The lowest BCUT2D eigenvalue weighted by Crippen LogP contribution is -2.60. The number of carbonyl (C=O) groups is 4. The fourth-order valence-electron chi connectivity index (χ4n) is 9.85. The van der Waals surface area contributed by atoms with Crippen molar-refractivity contribution in [2.75, 3.05) is 78.7 Å². The first-order valence-electron chi connectivity index (χ1n) is 31.6. The van der Waals surface area contributed by atoms with E-state index in [1.54, 1.807) is 7.05 Å². The van der Waals surface area contributed by atoms with E-state index >= 15 is 0 Å². The molecule has 0 aromatic rings. The molecule has 0 amide bonds. The van der Waals surface area contributed by atoms with E-state index in [4.69, 9.17) is 36.9 Å². The minimum absolute atomic E-state index is 0.0511. The van der Waals surface area contributed by atoms with Gasteiger partial charge in [0.2, 0.25) is 0 Å². The van der Waals surface area contributed by atoms with E-state index in [9.17, 15) is 19.2 Å². The number of cyclic esters (lactones) is 2. The summed E-state index contributed by atoms with van der Waals surface area (Å²) < 4.78 is 28.5. The Kier molecular flexibility index (Phi) is 51.9. The molecule has 2 unspecified atom stereocenters. The monoisotopic (exact) mass is 1340 g/mol. The van der Waals surface area contributed by atoms with Gasteiger partial charge in [0, 0.05) is 74.0 Å². The van der Waals surface area contributed by atoms with Crippen molar-refractivity contribution in [2.45, 2.75) is 283 Å². The molecule has 1 aliphatic heterocycles. The number of hydrogen-bond acceptors (Lipinski definition) is 14. The molecule has 18 heteroatoms. The molecule has 460 valence electrons. The Hall–Kier alpha value is -0.980. The highest BCUT2D eigenvalue weighted by Crippen LogP contribution is 2.24. The van der Waals surface area contributed by atoms with Crippen molar-refractivity contribution in [1.29, 1.82) is 0 Å². The molecule has 0 aliphatic carbocycles.